The summed E-state index contributed by atoms with van der Waals surface area (Å²) in [5.74, 6) is 0.0702. The van der Waals surface area contributed by atoms with Gasteiger partial charge in [-0.3, -0.25) is 14.9 Å². The number of non-ortho nitro benzene ring substituents is 1. The molecule has 0 aliphatic heterocycles. The molecule has 1 rings (SSSR count). The lowest BCUT2D eigenvalue weighted by Crippen LogP contribution is -1.90. The van der Waals surface area contributed by atoms with Crippen LogP contribution in [-0.4, -0.2) is 10.7 Å². The third-order valence-electron chi connectivity index (χ3n) is 2.06. The molecule has 84 valence electrons. The fourth-order valence-electron chi connectivity index (χ4n) is 1.23. The van der Waals surface area contributed by atoms with Gasteiger partial charge in [-0.1, -0.05) is 13.0 Å². The van der Waals surface area contributed by atoms with Crippen molar-refractivity contribution in [3.05, 3.63) is 46.0 Å². The normalized spacial score (nSPS) is 10.6. The Morgan fingerprint density at radius 2 is 2.00 bits per heavy atom. The molecule has 1 aromatic rings. The van der Waals surface area contributed by atoms with Crippen molar-refractivity contribution in [3.63, 3.8) is 0 Å². The zero-order chi connectivity index (χ0) is 12.0. The highest BCUT2D eigenvalue weighted by Crippen LogP contribution is 2.12. The topological polar surface area (TPSA) is 60.2 Å². The van der Waals surface area contributed by atoms with Gasteiger partial charge in [-0.05, 0) is 30.2 Å². The molecule has 16 heavy (non-hydrogen) atoms. The van der Waals surface area contributed by atoms with Gasteiger partial charge in [-0.25, -0.2) is 0 Å². The van der Waals surface area contributed by atoms with Gasteiger partial charge >= 0.3 is 0 Å². The Balaban J connectivity index is 2.68. The summed E-state index contributed by atoms with van der Waals surface area (Å²) in [5.41, 5.74) is 0.840. The van der Waals surface area contributed by atoms with Crippen LogP contribution < -0.4 is 0 Å². The maximum atomic E-state index is 11.2. The average molecular weight is 219 g/mol. The number of nitro benzene ring substituents is 1. The van der Waals surface area contributed by atoms with Crippen molar-refractivity contribution >= 4 is 17.5 Å². The van der Waals surface area contributed by atoms with E-state index < -0.39 is 4.92 Å². The van der Waals surface area contributed by atoms with Gasteiger partial charge in [0.1, 0.15) is 0 Å². The minimum absolute atomic E-state index is 0.0528. The van der Waals surface area contributed by atoms with E-state index in [4.69, 9.17) is 0 Å². The van der Waals surface area contributed by atoms with Crippen LogP contribution in [0.3, 0.4) is 0 Å². The highest BCUT2D eigenvalue weighted by molar-refractivity contribution is 5.93. The number of hydrogen-bond donors (Lipinski definition) is 0. The van der Waals surface area contributed by atoms with Crippen LogP contribution in [0, 0.1) is 10.1 Å². The largest absolute Gasteiger partial charge is 0.295 e. The van der Waals surface area contributed by atoms with E-state index in [0.717, 1.165) is 12.0 Å². The summed E-state index contributed by atoms with van der Waals surface area (Å²) in [4.78, 5) is 21.1. The number of ketones is 1. The lowest BCUT2D eigenvalue weighted by atomic mass is 10.1. The van der Waals surface area contributed by atoms with E-state index in [0.29, 0.717) is 6.42 Å². The van der Waals surface area contributed by atoms with E-state index in [9.17, 15) is 14.9 Å². The molecule has 0 fully saturated rings. The Bertz CT molecular complexity index is 407. The van der Waals surface area contributed by atoms with Crippen LogP contribution in [0.2, 0.25) is 0 Å². The number of carbonyl (C=O) groups is 1. The summed E-state index contributed by atoms with van der Waals surface area (Å²) >= 11 is 0. The molecule has 0 radical (unpaired) electrons. The second kappa shape index (κ2) is 5.80. The lowest BCUT2D eigenvalue weighted by Gasteiger charge is -1.93. The number of nitro groups is 1. The maximum Gasteiger partial charge on any atom is 0.269 e. The van der Waals surface area contributed by atoms with E-state index in [1.807, 2.05) is 6.92 Å². The van der Waals surface area contributed by atoms with Crippen LogP contribution in [0.15, 0.2) is 30.3 Å². The molecular weight excluding hydrogens is 206 g/mol. The Morgan fingerprint density at radius 3 is 2.50 bits per heavy atom. The minimum atomic E-state index is -0.449. The first-order valence-electron chi connectivity index (χ1n) is 5.09. The predicted octanol–water partition coefficient (Wildman–Crippen LogP) is 2.98. The second-order valence-corrected chi connectivity index (χ2v) is 3.40. The number of rotatable bonds is 5. The van der Waals surface area contributed by atoms with Gasteiger partial charge in [-0.2, -0.15) is 0 Å². The fraction of sp³-hybridized carbons (Fsp3) is 0.250. The standard InChI is InChI=1S/C12H13NO3/c1-2-3-12(14)9-6-10-4-7-11(8-5-10)13(15)16/h4-9H,2-3H2,1H3. The number of nitrogens with zero attached hydrogens (tertiary/aromatic N) is 1. The fourth-order valence-corrected chi connectivity index (χ4v) is 1.23. The van der Waals surface area contributed by atoms with Gasteiger partial charge in [0.25, 0.3) is 5.69 Å². The van der Waals surface area contributed by atoms with Crippen LogP contribution in [0.1, 0.15) is 25.3 Å². The molecule has 0 saturated carbocycles. The van der Waals surface area contributed by atoms with Gasteiger partial charge in [0, 0.05) is 18.6 Å². The molecule has 0 heterocycles. The number of hydrogen-bond acceptors (Lipinski definition) is 3. The molecule has 0 saturated heterocycles. The minimum Gasteiger partial charge on any atom is -0.295 e. The Kier molecular flexibility index (Phi) is 4.39. The molecule has 0 aliphatic rings. The molecule has 0 amide bonds. The van der Waals surface area contributed by atoms with Crippen molar-refractivity contribution in [1.29, 1.82) is 0 Å². The molecule has 0 aromatic heterocycles. The van der Waals surface area contributed by atoms with Gasteiger partial charge in [0.15, 0.2) is 5.78 Å². The first-order valence-corrected chi connectivity index (χ1v) is 5.09. The van der Waals surface area contributed by atoms with Crippen molar-refractivity contribution < 1.29 is 9.72 Å². The summed E-state index contributed by atoms with van der Waals surface area (Å²) in [6.07, 6.45) is 4.53. The Hall–Kier alpha value is -1.97. The maximum absolute atomic E-state index is 11.2. The Labute approximate surface area is 93.7 Å². The van der Waals surface area contributed by atoms with Crippen molar-refractivity contribution in [2.24, 2.45) is 0 Å². The van der Waals surface area contributed by atoms with Gasteiger partial charge in [-0.15, -0.1) is 0 Å². The second-order valence-electron chi connectivity index (χ2n) is 3.40. The summed E-state index contributed by atoms with van der Waals surface area (Å²) in [6.45, 7) is 1.94. The zero-order valence-electron chi connectivity index (χ0n) is 9.05. The van der Waals surface area contributed by atoms with Crippen LogP contribution in [-0.2, 0) is 4.79 Å². The number of carbonyl (C=O) groups excluding carboxylic acids is 1. The zero-order valence-corrected chi connectivity index (χ0v) is 9.05. The van der Waals surface area contributed by atoms with Crippen molar-refractivity contribution in [2.45, 2.75) is 19.8 Å². The van der Waals surface area contributed by atoms with Crippen LogP contribution in [0.5, 0.6) is 0 Å². The molecule has 4 nitrogen and oxygen atoms in total. The monoisotopic (exact) mass is 219 g/mol. The summed E-state index contributed by atoms with van der Waals surface area (Å²) < 4.78 is 0. The van der Waals surface area contributed by atoms with E-state index in [1.165, 1.54) is 18.2 Å². The summed E-state index contributed by atoms with van der Waals surface area (Å²) in [7, 11) is 0. The van der Waals surface area contributed by atoms with Gasteiger partial charge in [0.05, 0.1) is 4.92 Å². The third-order valence-corrected chi connectivity index (χ3v) is 2.06. The molecule has 0 aliphatic carbocycles. The van der Waals surface area contributed by atoms with E-state index in [2.05, 4.69) is 0 Å². The smallest absolute Gasteiger partial charge is 0.269 e. The molecular formula is C12H13NO3. The first-order chi connectivity index (χ1) is 7.63. The number of allylic oxidation sites excluding steroid dienone is 1. The summed E-state index contributed by atoms with van der Waals surface area (Å²) in [5, 5.41) is 10.4. The average Bonchev–Trinajstić information content (AvgIpc) is 2.27. The lowest BCUT2D eigenvalue weighted by molar-refractivity contribution is -0.384. The molecule has 0 N–H and O–H groups in total. The quantitative estimate of drug-likeness (QED) is 0.434. The molecule has 1 aromatic carbocycles. The predicted molar refractivity (Wildman–Crippen MR) is 62.0 cm³/mol. The molecule has 0 unspecified atom stereocenters. The molecule has 4 heteroatoms. The van der Waals surface area contributed by atoms with Crippen LogP contribution in [0.4, 0.5) is 5.69 Å². The van der Waals surface area contributed by atoms with Crippen LogP contribution >= 0.6 is 0 Å². The van der Waals surface area contributed by atoms with E-state index >= 15 is 0 Å². The van der Waals surface area contributed by atoms with Crippen molar-refractivity contribution in [3.8, 4) is 0 Å². The molecule has 0 bridgehead atoms. The van der Waals surface area contributed by atoms with Gasteiger partial charge in [0.2, 0.25) is 0 Å². The number of benzene rings is 1. The van der Waals surface area contributed by atoms with E-state index in [-0.39, 0.29) is 11.5 Å². The molecule has 0 atom stereocenters. The van der Waals surface area contributed by atoms with Crippen molar-refractivity contribution in [2.75, 3.05) is 0 Å². The van der Waals surface area contributed by atoms with Gasteiger partial charge < -0.3 is 0 Å². The van der Waals surface area contributed by atoms with Crippen molar-refractivity contribution in [1.82, 2.24) is 0 Å². The third kappa shape index (κ3) is 3.65. The van der Waals surface area contributed by atoms with Crippen LogP contribution in [0.25, 0.3) is 6.08 Å². The highest BCUT2D eigenvalue weighted by atomic mass is 16.6. The summed E-state index contributed by atoms with van der Waals surface area (Å²) in [6, 6.07) is 6.08. The molecule has 0 spiro atoms. The van der Waals surface area contributed by atoms with E-state index in [1.54, 1.807) is 18.2 Å². The SMILES string of the molecule is CCCC(=O)C=Cc1ccc([N+](=O)[O-])cc1. The Morgan fingerprint density at radius 1 is 1.38 bits per heavy atom. The highest BCUT2D eigenvalue weighted by Gasteiger charge is 2.02. The first kappa shape index (κ1) is 12.1.